The van der Waals surface area contributed by atoms with E-state index < -0.39 is 30.2 Å². The molecule has 0 aromatic rings. The van der Waals surface area contributed by atoms with E-state index >= 15 is 0 Å². The third-order valence-electron chi connectivity index (χ3n) is 1.88. The van der Waals surface area contributed by atoms with Crippen LogP contribution in [0.25, 0.3) is 0 Å². The van der Waals surface area contributed by atoms with Crippen molar-refractivity contribution in [3.8, 4) is 0 Å². The van der Waals surface area contributed by atoms with Gasteiger partial charge in [0, 0.05) is 0 Å². The number of carbonyl (C=O) groups is 3. The fourth-order valence-corrected chi connectivity index (χ4v) is 1.12. The van der Waals surface area contributed by atoms with Crippen LogP contribution in [-0.2, 0) is 23.9 Å². The first kappa shape index (κ1) is 12.8. The maximum Gasteiger partial charge on any atom is 0.326 e. The first-order chi connectivity index (χ1) is 8.00. The first-order valence-corrected chi connectivity index (χ1v) is 4.77. The average molecular weight is 244 g/mol. The van der Waals surface area contributed by atoms with Crippen molar-refractivity contribution < 1.29 is 29.0 Å². The van der Waals surface area contributed by atoms with Gasteiger partial charge in [-0.15, -0.1) is 0 Å². The number of carbonyl (C=O) groups excluding carboxylic acids is 2. The molecule has 17 heavy (non-hydrogen) atoms. The number of hydrogen-bond acceptors (Lipinski definition) is 5. The van der Waals surface area contributed by atoms with E-state index in [0.29, 0.717) is 6.61 Å². The van der Waals surface area contributed by atoms with Crippen molar-refractivity contribution >= 4 is 17.8 Å². The molecule has 0 aromatic heterocycles. The zero-order valence-corrected chi connectivity index (χ0v) is 8.84. The van der Waals surface area contributed by atoms with Crippen molar-refractivity contribution in [2.24, 2.45) is 5.73 Å². The Morgan fingerprint density at radius 3 is 2.65 bits per heavy atom. The van der Waals surface area contributed by atoms with Crippen LogP contribution in [0.5, 0.6) is 0 Å². The topological polar surface area (TPSA) is 128 Å². The molecule has 1 aliphatic heterocycles. The van der Waals surface area contributed by atoms with Gasteiger partial charge in [-0.1, -0.05) is 0 Å². The Kier molecular flexibility index (Phi) is 4.32. The van der Waals surface area contributed by atoms with Crippen molar-refractivity contribution in [3.05, 3.63) is 12.0 Å². The SMILES string of the molecule is NC(=O)CC(NC(=O)C1=COCCO1)C(=O)O. The predicted molar refractivity (Wildman–Crippen MR) is 53.4 cm³/mol. The minimum atomic E-state index is -1.38. The average Bonchev–Trinajstić information content (AvgIpc) is 2.28. The van der Waals surface area contributed by atoms with Crippen LogP contribution in [0.4, 0.5) is 0 Å². The molecule has 0 aliphatic carbocycles. The van der Waals surface area contributed by atoms with Crippen molar-refractivity contribution in [1.82, 2.24) is 5.32 Å². The van der Waals surface area contributed by atoms with Gasteiger partial charge < -0.3 is 25.6 Å². The normalized spacial score (nSPS) is 15.9. The third-order valence-corrected chi connectivity index (χ3v) is 1.88. The number of nitrogens with two attached hydrogens (primary N) is 1. The van der Waals surface area contributed by atoms with Gasteiger partial charge >= 0.3 is 5.97 Å². The summed E-state index contributed by atoms with van der Waals surface area (Å²) >= 11 is 0. The summed E-state index contributed by atoms with van der Waals surface area (Å²) in [5.41, 5.74) is 4.86. The molecule has 0 saturated carbocycles. The van der Waals surface area contributed by atoms with Crippen LogP contribution in [0.2, 0.25) is 0 Å². The molecule has 0 bridgehead atoms. The van der Waals surface area contributed by atoms with Crippen LogP contribution in [0.3, 0.4) is 0 Å². The lowest BCUT2D eigenvalue weighted by molar-refractivity contribution is -0.143. The van der Waals surface area contributed by atoms with E-state index in [-0.39, 0.29) is 12.4 Å². The van der Waals surface area contributed by atoms with E-state index in [1.807, 2.05) is 0 Å². The number of carboxylic acids is 1. The van der Waals surface area contributed by atoms with Crippen LogP contribution in [0.1, 0.15) is 6.42 Å². The number of aliphatic carboxylic acids is 1. The minimum Gasteiger partial charge on any atom is -0.494 e. The van der Waals surface area contributed by atoms with Gasteiger partial charge in [-0.05, 0) is 0 Å². The highest BCUT2D eigenvalue weighted by molar-refractivity contribution is 5.95. The van der Waals surface area contributed by atoms with Gasteiger partial charge in [0.05, 0.1) is 6.42 Å². The van der Waals surface area contributed by atoms with Crippen LogP contribution < -0.4 is 11.1 Å². The summed E-state index contributed by atoms with van der Waals surface area (Å²) in [5.74, 6) is -3.08. The molecule has 0 saturated heterocycles. The molecule has 0 radical (unpaired) electrons. The molecule has 0 aromatic carbocycles. The van der Waals surface area contributed by atoms with Crippen molar-refractivity contribution in [3.63, 3.8) is 0 Å². The molecule has 4 N–H and O–H groups in total. The number of nitrogens with one attached hydrogen (secondary N) is 1. The number of primary amides is 1. The zero-order valence-electron chi connectivity index (χ0n) is 8.84. The molecule has 1 unspecified atom stereocenters. The van der Waals surface area contributed by atoms with Gasteiger partial charge in [0.2, 0.25) is 11.7 Å². The Morgan fingerprint density at radius 2 is 2.18 bits per heavy atom. The number of ether oxygens (including phenoxy) is 2. The standard InChI is InChI=1S/C9H12N2O6/c10-7(12)3-5(9(14)15)11-8(13)6-4-16-1-2-17-6/h4-5H,1-3H2,(H2,10,12)(H,11,13)(H,14,15). The van der Waals surface area contributed by atoms with Gasteiger partial charge in [-0.25, -0.2) is 4.79 Å². The van der Waals surface area contributed by atoms with Crippen LogP contribution >= 0.6 is 0 Å². The van der Waals surface area contributed by atoms with E-state index in [2.05, 4.69) is 5.32 Å². The molecule has 94 valence electrons. The highest BCUT2D eigenvalue weighted by Gasteiger charge is 2.25. The van der Waals surface area contributed by atoms with Crippen molar-refractivity contribution in [2.75, 3.05) is 13.2 Å². The van der Waals surface area contributed by atoms with Crippen LogP contribution in [-0.4, -0.2) is 42.1 Å². The van der Waals surface area contributed by atoms with E-state index in [1.54, 1.807) is 0 Å². The lowest BCUT2D eigenvalue weighted by Gasteiger charge is -2.17. The highest BCUT2D eigenvalue weighted by Crippen LogP contribution is 2.05. The number of rotatable bonds is 5. The molecular weight excluding hydrogens is 232 g/mol. The second kappa shape index (κ2) is 5.73. The molecule has 0 spiro atoms. The molecule has 1 atom stereocenters. The number of carboxylic acid groups (broad SMARTS) is 1. The maximum absolute atomic E-state index is 11.5. The van der Waals surface area contributed by atoms with Crippen LogP contribution in [0.15, 0.2) is 12.0 Å². The van der Waals surface area contributed by atoms with E-state index in [9.17, 15) is 14.4 Å². The summed E-state index contributed by atoms with van der Waals surface area (Å²) in [4.78, 5) is 32.8. The molecule has 1 aliphatic rings. The summed E-state index contributed by atoms with van der Waals surface area (Å²) in [6.45, 7) is 0.521. The van der Waals surface area contributed by atoms with Crippen molar-refractivity contribution in [2.45, 2.75) is 12.5 Å². The summed E-state index contributed by atoms with van der Waals surface area (Å²) < 4.78 is 9.78. The largest absolute Gasteiger partial charge is 0.494 e. The summed E-state index contributed by atoms with van der Waals surface area (Å²) in [6.07, 6.45) is 0.594. The Balaban J connectivity index is 2.60. The Morgan fingerprint density at radius 1 is 1.47 bits per heavy atom. The smallest absolute Gasteiger partial charge is 0.326 e. The van der Waals surface area contributed by atoms with Crippen LogP contribution in [0, 0.1) is 0 Å². The fourth-order valence-electron chi connectivity index (χ4n) is 1.12. The summed E-state index contributed by atoms with van der Waals surface area (Å²) in [5, 5.41) is 10.9. The second-order valence-electron chi connectivity index (χ2n) is 3.24. The van der Waals surface area contributed by atoms with Gasteiger partial charge in [0.25, 0.3) is 5.91 Å². The van der Waals surface area contributed by atoms with Gasteiger partial charge in [-0.2, -0.15) is 0 Å². The second-order valence-corrected chi connectivity index (χ2v) is 3.24. The molecule has 8 nitrogen and oxygen atoms in total. The molecule has 2 amide bonds. The number of hydrogen-bond donors (Lipinski definition) is 3. The highest BCUT2D eigenvalue weighted by atomic mass is 16.6. The zero-order chi connectivity index (χ0) is 12.8. The molecule has 1 rings (SSSR count). The molecule has 8 heteroatoms. The lowest BCUT2D eigenvalue weighted by Crippen LogP contribution is -2.44. The van der Waals surface area contributed by atoms with E-state index in [4.69, 9.17) is 20.3 Å². The minimum absolute atomic E-state index is 0.132. The third kappa shape index (κ3) is 4.01. The summed E-state index contributed by atoms with van der Waals surface area (Å²) in [7, 11) is 0. The summed E-state index contributed by atoms with van der Waals surface area (Å²) in [6, 6.07) is -1.38. The number of amides is 2. The molecule has 1 heterocycles. The molecular formula is C9H12N2O6. The first-order valence-electron chi connectivity index (χ1n) is 4.77. The van der Waals surface area contributed by atoms with E-state index in [0.717, 1.165) is 6.26 Å². The Hall–Kier alpha value is -2.25. The lowest BCUT2D eigenvalue weighted by atomic mass is 10.2. The van der Waals surface area contributed by atoms with Gasteiger partial charge in [-0.3, -0.25) is 9.59 Å². The fraction of sp³-hybridized carbons (Fsp3) is 0.444. The maximum atomic E-state index is 11.5. The monoisotopic (exact) mass is 244 g/mol. The van der Waals surface area contributed by atoms with Gasteiger partial charge in [0.15, 0.2) is 0 Å². The Bertz CT molecular complexity index is 364. The van der Waals surface area contributed by atoms with Gasteiger partial charge in [0.1, 0.15) is 25.5 Å². The Labute approximate surface area is 96.4 Å². The predicted octanol–water partition coefficient (Wildman–Crippen LogP) is -1.68. The molecule has 0 fully saturated rings. The van der Waals surface area contributed by atoms with Crippen molar-refractivity contribution in [1.29, 1.82) is 0 Å². The van der Waals surface area contributed by atoms with E-state index in [1.165, 1.54) is 0 Å². The quantitative estimate of drug-likeness (QED) is 0.530.